The molecule has 20 heavy (non-hydrogen) atoms. The average molecular weight is 276 g/mol. The van der Waals surface area contributed by atoms with Crippen molar-refractivity contribution >= 4 is 5.97 Å². The Morgan fingerprint density at radius 3 is 2.80 bits per heavy atom. The lowest BCUT2D eigenvalue weighted by atomic mass is 9.99. The van der Waals surface area contributed by atoms with E-state index in [9.17, 15) is 4.79 Å². The summed E-state index contributed by atoms with van der Waals surface area (Å²) >= 11 is 0. The third kappa shape index (κ3) is 2.40. The Hall–Kier alpha value is -1.55. The molecule has 1 saturated heterocycles. The smallest absolute Gasteiger partial charge is 0.338 e. The van der Waals surface area contributed by atoms with Crippen LogP contribution in [0.25, 0.3) is 0 Å². The van der Waals surface area contributed by atoms with Gasteiger partial charge in [-0.15, -0.1) is 0 Å². The molecule has 1 atom stereocenters. The fraction of sp³-hybridized carbons (Fsp3) is 0.562. The van der Waals surface area contributed by atoms with E-state index in [1.807, 2.05) is 13.0 Å². The predicted molar refractivity (Wildman–Crippen MR) is 74.0 cm³/mol. The van der Waals surface area contributed by atoms with Gasteiger partial charge in [-0.05, 0) is 43.9 Å². The van der Waals surface area contributed by atoms with Gasteiger partial charge in [-0.2, -0.15) is 0 Å². The number of ether oxygens (including phenoxy) is 3. The molecular formula is C16H20O4. The van der Waals surface area contributed by atoms with E-state index in [2.05, 4.69) is 0 Å². The van der Waals surface area contributed by atoms with Crippen molar-refractivity contribution in [1.82, 2.24) is 0 Å². The molecule has 0 bridgehead atoms. The Bertz CT molecular complexity index is 513. The topological polar surface area (TPSA) is 44.8 Å². The van der Waals surface area contributed by atoms with Crippen LogP contribution in [-0.4, -0.2) is 31.9 Å². The van der Waals surface area contributed by atoms with Crippen LogP contribution in [0.2, 0.25) is 0 Å². The van der Waals surface area contributed by atoms with Crippen molar-refractivity contribution in [3.05, 3.63) is 29.3 Å². The summed E-state index contributed by atoms with van der Waals surface area (Å²) in [5.74, 6) is 0.819. The Morgan fingerprint density at radius 2 is 2.20 bits per heavy atom. The standard InChI is InChI=1S/C16H20O4/c1-11-3-4-12(9-14(11)18-2)15(17)20-16(6-7-16)13-5-8-19-10-13/h3-4,9,13H,5-8,10H2,1-2H3. The number of benzene rings is 1. The molecule has 1 heterocycles. The van der Waals surface area contributed by atoms with Gasteiger partial charge in [0, 0.05) is 12.5 Å². The minimum atomic E-state index is -0.272. The fourth-order valence-electron chi connectivity index (χ4n) is 2.86. The third-order valence-corrected chi connectivity index (χ3v) is 4.36. The highest BCUT2D eigenvalue weighted by Gasteiger charge is 2.54. The molecule has 0 radical (unpaired) electrons. The zero-order chi connectivity index (χ0) is 14.2. The molecule has 3 rings (SSSR count). The summed E-state index contributed by atoms with van der Waals surface area (Å²) in [6.07, 6.45) is 2.90. The van der Waals surface area contributed by atoms with E-state index >= 15 is 0 Å². The molecule has 4 heteroatoms. The lowest BCUT2D eigenvalue weighted by Crippen LogP contribution is -2.29. The Balaban J connectivity index is 1.73. The number of hydrogen-bond donors (Lipinski definition) is 0. The zero-order valence-corrected chi connectivity index (χ0v) is 12.0. The summed E-state index contributed by atoms with van der Waals surface area (Å²) in [4.78, 5) is 12.3. The van der Waals surface area contributed by atoms with Gasteiger partial charge in [0.2, 0.25) is 0 Å². The summed E-state index contributed by atoms with van der Waals surface area (Å²) in [5, 5.41) is 0. The van der Waals surface area contributed by atoms with Gasteiger partial charge in [-0.1, -0.05) is 6.07 Å². The molecule has 1 aromatic carbocycles. The van der Waals surface area contributed by atoms with E-state index in [4.69, 9.17) is 14.2 Å². The summed E-state index contributed by atoms with van der Waals surface area (Å²) in [6, 6.07) is 5.42. The Labute approximate surface area is 119 Å². The maximum atomic E-state index is 12.3. The number of hydrogen-bond acceptors (Lipinski definition) is 4. The van der Waals surface area contributed by atoms with Gasteiger partial charge in [0.05, 0.1) is 19.3 Å². The summed E-state index contributed by atoms with van der Waals surface area (Å²) < 4.78 is 16.4. The molecule has 108 valence electrons. The van der Waals surface area contributed by atoms with Crippen LogP contribution >= 0.6 is 0 Å². The molecule has 1 unspecified atom stereocenters. The van der Waals surface area contributed by atoms with Crippen LogP contribution in [0.1, 0.15) is 35.2 Å². The molecule has 1 aliphatic carbocycles. The second-order valence-corrected chi connectivity index (χ2v) is 5.70. The van der Waals surface area contributed by atoms with Crippen molar-refractivity contribution in [2.75, 3.05) is 20.3 Å². The molecule has 0 N–H and O–H groups in total. The zero-order valence-electron chi connectivity index (χ0n) is 12.0. The first-order chi connectivity index (χ1) is 9.64. The molecule has 0 aromatic heterocycles. The summed E-state index contributed by atoms with van der Waals surface area (Å²) in [5.41, 5.74) is 1.29. The minimum Gasteiger partial charge on any atom is -0.496 e. The van der Waals surface area contributed by atoms with Gasteiger partial charge in [-0.3, -0.25) is 0 Å². The van der Waals surface area contributed by atoms with Crippen LogP contribution in [0.5, 0.6) is 5.75 Å². The first-order valence-electron chi connectivity index (χ1n) is 7.10. The SMILES string of the molecule is COc1cc(C(=O)OC2(C3CCOC3)CC2)ccc1C. The van der Waals surface area contributed by atoms with E-state index < -0.39 is 0 Å². The molecule has 4 nitrogen and oxygen atoms in total. The first-order valence-corrected chi connectivity index (χ1v) is 7.10. The maximum Gasteiger partial charge on any atom is 0.338 e. The quantitative estimate of drug-likeness (QED) is 0.793. The second kappa shape index (κ2) is 5.09. The monoisotopic (exact) mass is 276 g/mol. The van der Waals surface area contributed by atoms with Crippen molar-refractivity contribution in [3.63, 3.8) is 0 Å². The number of carbonyl (C=O) groups is 1. The summed E-state index contributed by atoms with van der Waals surface area (Å²) in [7, 11) is 1.61. The summed E-state index contributed by atoms with van der Waals surface area (Å²) in [6.45, 7) is 3.44. The molecular weight excluding hydrogens is 256 g/mol. The highest BCUT2D eigenvalue weighted by molar-refractivity contribution is 5.90. The normalized spacial score (nSPS) is 23.4. The van der Waals surface area contributed by atoms with Gasteiger partial charge in [0.15, 0.2) is 0 Å². The Kier molecular flexibility index (Phi) is 3.42. The predicted octanol–water partition coefficient (Wildman–Crippen LogP) is 2.73. The number of methoxy groups -OCH3 is 1. The number of carbonyl (C=O) groups excluding carboxylic acids is 1. The van der Waals surface area contributed by atoms with Crippen molar-refractivity contribution in [2.24, 2.45) is 5.92 Å². The highest BCUT2D eigenvalue weighted by atomic mass is 16.6. The minimum absolute atomic E-state index is 0.257. The van der Waals surface area contributed by atoms with Crippen molar-refractivity contribution in [1.29, 1.82) is 0 Å². The lowest BCUT2D eigenvalue weighted by molar-refractivity contribution is 0.000805. The Morgan fingerprint density at radius 1 is 1.40 bits per heavy atom. The molecule has 2 aliphatic rings. The second-order valence-electron chi connectivity index (χ2n) is 5.70. The lowest BCUT2D eigenvalue weighted by Gasteiger charge is -2.22. The van der Waals surface area contributed by atoms with Gasteiger partial charge in [0.1, 0.15) is 11.4 Å². The van der Waals surface area contributed by atoms with E-state index in [1.54, 1.807) is 19.2 Å². The van der Waals surface area contributed by atoms with E-state index in [1.165, 1.54) is 0 Å². The first kappa shape index (κ1) is 13.4. The third-order valence-electron chi connectivity index (χ3n) is 4.36. The van der Waals surface area contributed by atoms with Gasteiger partial charge >= 0.3 is 5.97 Å². The van der Waals surface area contributed by atoms with Gasteiger partial charge < -0.3 is 14.2 Å². The van der Waals surface area contributed by atoms with Crippen LogP contribution < -0.4 is 4.74 Å². The molecule has 1 saturated carbocycles. The van der Waals surface area contributed by atoms with Crippen LogP contribution in [0, 0.1) is 12.8 Å². The fourth-order valence-corrected chi connectivity index (χ4v) is 2.86. The maximum absolute atomic E-state index is 12.3. The molecule has 1 aliphatic heterocycles. The molecule has 0 amide bonds. The van der Waals surface area contributed by atoms with Crippen molar-refractivity contribution < 1.29 is 19.0 Å². The van der Waals surface area contributed by atoms with Crippen LogP contribution in [-0.2, 0) is 9.47 Å². The van der Waals surface area contributed by atoms with Crippen LogP contribution in [0.15, 0.2) is 18.2 Å². The molecule has 1 aromatic rings. The van der Waals surface area contributed by atoms with Crippen LogP contribution in [0.4, 0.5) is 0 Å². The molecule has 0 spiro atoms. The van der Waals surface area contributed by atoms with E-state index in [0.717, 1.165) is 31.4 Å². The largest absolute Gasteiger partial charge is 0.496 e. The van der Waals surface area contributed by atoms with Crippen molar-refractivity contribution in [2.45, 2.75) is 31.8 Å². The van der Waals surface area contributed by atoms with Gasteiger partial charge in [-0.25, -0.2) is 4.79 Å². The number of esters is 1. The average Bonchev–Trinajstić information content (AvgIpc) is 3.02. The number of rotatable bonds is 4. The van der Waals surface area contributed by atoms with E-state index in [0.29, 0.717) is 23.8 Å². The van der Waals surface area contributed by atoms with Crippen LogP contribution in [0.3, 0.4) is 0 Å². The van der Waals surface area contributed by atoms with Crippen molar-refractivity contribution in [3.8, 4) is 5.75 Å². The van der Waals surface area contributed by atoms with Gasteiger partial charge in [0.25, 0.3) is 0 Å². The number of aryl methyl sites for hydroxylation is 1. The highest BCUT2D eigenvalue weighted by Crippen LogP contribution is 2.49. The molecule has 2 fully saturated rings. The van der Waals surface area contributed by atoms with E-state index in [-0.39, 0.29) is 11.6 Å².